The summed E-state index contributed by atoms with van der Waals surface area (Å²) in [6, 6.07) is -0.204. The fourth-order valence-electron chi connectivity index (χ4n) is 1.81. The van der Waals surface area contributed by atoms with Crippen molar-refractivity contribution in [1.82, 2.24) is 15.3 Å². The fraction of sp³-hybridized carbons (Fsp3) is 0.538. The van der Waals surface area contributed by atoms with Crippen LogP contribution in [-0.4, -0.2) is 33.0 Å². The SMILES string of the molecule is CC(CCCC(C)C(=O)O)NC(=O)c1c[nH]c(=O)[nH]c1=O. The molecule has 8 heteroatoms. The zero-order valence-electron chi connectivity index (χ0n) is 11.9. The Morgan fingerprint density at radius 1 is 1.29 bits per heavy atom. The molecule has 0 aromatic carbocycles. The second-order valence-electron chi connectivity index (χ2n) is 5.03. The van der Waals surface area contributed by atoms with E-state index in [-0.39, 0.29) is 11.6 Å². The van der Waals surface area contributed by atoms with E-state index >= 15 is 0 Å². The molecule has 4 N–H and O–H groups in total. The predicted octanol–water partition coefficient (Wildman–Crippen LogP) is 0.0725. The molecule has 1 aromatic rings. The number of carbonyl (C=O) groups is 2. The van der Waals surface area contributed by atoms with Crippen molar-refractivity contribution < 1.29 is 14.7 Å². The average molecular weight is 297 g/mol. The van der Waals surface area contributed by atoms with Crippen LogP contribution in [0.25, 0.3) is 0 Å². The average Bonchev–Trinajstić information content (AvgIpc) is 2.37. The van der Waals surface area contributed by atoms with Crippen molar-refractivity contribution in [3.63, 3.8) is 0 Å². The van der Waals surface area contributed by atoms with Crippen molar-refractivity contribution in [1.29, 1.82) is 0 Å². The monoisotopic (exact) mass is 297 g/mol. The zero-order valence-corrected chi connectivity index (χ0v) is 11.9. The van der Waals surface area contributed by atoms with Gasteiger partial charge in [0.1, 0.15) is 5.56 Å². The van der Waals surface area contributed by atoms with Gasteiger partial charge in [-0.25, -0.2) is 4.79 Å². The fourth-order valence-corrected chi connectivity index (χ4v) is 1.81. The van der Waals surface area contributed by atoms with Gasteiger partial charge in [-0.2, -0.15) is 0 Å². The molecule has 0 radical (unpaired) electrons. The number of carbonyl (C=O) groups excluding carboxylic acids is 1. The lowest BCUT2D eigenvalue weighted by molar-refractivity contribution is -0.141. The van der Waals surface area contributed by atoms with Crippen LogP contribution in [0.1, 0.15) is 43.5 Å². The maximum Gasteiger partial charge on any atom is 0.325 e. The zero-order chi connectivity index (χ0) is 16.0. The third kappa shape index (κ3) is 5.25. The molecule has 1 amide bonds. The van der Waals surface area contributed by atoms with Gasteiger partial charge in [-0.1, -0.05) is 13.3 Å². The van der Waals surface area contributed by atoms with Crippen molar-refractivity contribution in [2.24, 2.45) is 5.92 Å². The summed E-state index contributed by atoms with van der Waals surface area (Å²) in [6.07, 6.45) is 2.84. The highest BCUT2D eigenvalue weighted by molar-refractivity contribution is 5.93. The van der Waals surface area contributed by atoms with Crippen molar-refractivity contribution >= 4 is 11.9 Å². The Morgan fingerprint density at radius 2 is 1.95 bits per heavy atom. The maximum absolute atomic E-state index is 11.8. The molecule has 8 nitrogen and oxygen atoms in total. The highest BCUT2D eigenvalue weighted by Gasteiger charge is 2.15. The minimum absolute atomic E-state index is 0.166. The van der Waals surface area contributed by atoms with E-state index in [2.05, 4.69) is 10.3 Å². The van der Waals surface area contributed by atoms with Crippen molar-refractivity contribution in [2.75, 3.05) is 0 Å². The van der Waals surface area contributed by atoms with E-state index in [0.717, 1.165) is 6.20 Å². The third-order valence-electron chi connectivity index (χ3n) is 3.14. The van der Waals surface area contributed by atoms with Crippen molar-refractivity contribution in [3.8, 4) is 0 Å². The van der Waals surface area contributed by atoms with Gasteiger partial charge in [0.25, 0.3) is 11.5 Å². The summed E-state index contributed by atoms with van der Waals surface area (Å²) in [7, 11) is 0. The van der Waals surface area contributed by atoms with Gasteiger partial charge in [-0.15, -0.1) is 0 Å². The van der Waals surface area contributed by atoms with Crippen LogP contribution in [0.5, 0.6) is 0 Å². The number of hydrogen-bond acceptors (Lipinski definition) is 4. The number of hydrogen-bond donors (Lipinski definition) is 4. The molecule has 21 heavy (non-hydrogen) atoms. The summed E-state index contributed by atoms with van der Waals surface area (Å²) >= 11 is 0. The summed E-state index contributed by atoms with van der Waals surface area (Å²) in [5.41, 5.74) is -1.59. The van der Waals surface area contributed by atoms with Crippen LogP contribution in [-0.2, 0) is 4.79 Å². The Bertz CT molecular complexity index is 619. The van der Waals surface area contributed by atoms with Crippen LogP contribution in [0.2, 0.25) is 0 Å². The first-order valence-corrected chi connectivity index (χ1v) is 6.67. The van der Waals surface area contributed by atoms with E-state index in [9.17, 15) is 19.2 Å². The van der Waals surface area contributed by atoms with Crippen LogP contribution in [0.4, 0.5) is 0 Å². The Kier molecular flexibility index (Phi) is 5.89. The number of amides is 1. The van der Waals surface area contributed by atoms with Gasteiger partial charge in [-0.05, 0) is 19.8 Å². The number of aromatic nitrogens is 2. The molecule has 0 aliphatic carbocycles. The number of H-pyrrole nitrogens is 2. The topological polar surface area (TPSA) is 132 Å². The number of aliphatic carboxylic acids is 1. The molecular formula is C13H19N3O5. The minimum atomic E-state index is -0.841. The summed E-state index contributed by atoms with van der Waals surface area (Å²) < 4.78 is 0. The highest BCUT2D eigenvalue weighted by atomic mass is 16.4. The van der Waals surface area contributed by atoms with Gasteiger partial charge < -0.3 is 15.4 Å². The Balaban J connectivity index is 2.49. The summed E-state index contributed by atoms with van der Waals surface area (Å²) in [5.74, 6) is -1.84. The lowest BCUT2D eigenvalue weighted by Crippen LogP contribution is -2.37. The number of nitrogens with one attached hydrogen (secondary N) is 3. The standard InChI is InChI=1S/C13H19N3O5/c1-7(12(19)20)4-3-5-8(2)15-10(17)9-6-14-13(21)16-11(9)18/h6-8H,3-5H2,1-2H3,(H,15,17)(H,19,20)(H2,14,16,18,21). The quantitative estimate of drug-likeness (QED) is 0.565. The molecule has 0 fully saturated rings. The normalized spacial score (nSPS) is 13.4. The lowest BCUT2D eigenvalue weighted by Gasteiger charge is -2.14. The molecule has 0 saturated carbocycles. The molecule has 1 rings (SSSR count). The van der Waals surface area contributed by atoms with Crippen molar-refractivity contribution in [2.45, 2.75) is 39.2 Å². The van der Waals surface area contributed by atoms with E-state index < -0.39 is 29.0 Å². The van der Waals surface area contributed by atoms with Gasteiger partial charge in [-0.3, -0.25) is 19.4 Å². The highest BCUT2D eigenvalue weighted by Crippen LogP contribution is 2.09. The molecule has 2 unspecified atom stereocenters. The van der Waals surface area contributed by atoms with E-state index in [1.807, 2.05) is 4.98 Å². The predicted molar refractivity (Wildman–Crippen MR) is 75.3 cm³/mol. The van der Waals surface area contributed by atoms with E-state index in [1.54, 1.807) is 13.8 Å². The molecule has 0 spiro atoms. The molecule has 116 valence electrons. The lowest BCUT2D eigenvalue weighted by atomic mass is 10.0. The van der Waals surface area contributed by atoms with Crippen LogP contribution in [0.3, 0.4) is 0 Å². The third-order valence-corrected chi connectivity index (χ3v) is 3.14. The number of rotatable bonds is 7. The second-order valence-corrected chi connectivity index (χ2v) is 5.03. The number of carboxylic acids is 1. The molecular weight excluding hydrogens is 278 g/mol. The van der Waals surface area contributed by atoms with Gasteiger partial charge in [0, 0.05) is 12.2 Å². The van der Waals surface area contributed by atoms with Crippen LogP contribution >= 0.6 is 0 Å². The number of carboxylic acid groups (broad SMARTS) is 1. The first kappa shape index (κ1) is 16.7. The maximum atomic E-state index is 11.8. The van der Waals surface area contributed by atoms with Crippen molar-refractivity contribution in [3.05, 3.63) is 32.6 Å². The minimum Gasteiger partial charge on any atom is -0.481 e. The Morgan fingerprint density at radius 3 is 2.52 bits per heavy atom. The molecule has 0 aliphatic rings. The van der Waals surface area contributed by atoms with Gasteiger partial charge >= 0.3 is 11.7 Å². The Labute approximate surface area is 120 Å². The van der Waals surface area contributed by atoms with Crippen LogP contribution in [0.15, 0.2) is 15.8 Å². The first-order valence-electron chi connectivity index (χ1n) is 6.67. The van der Waals surface area contributed by atoms with Gasteiger partial charge in [0.2, 0.25) is 0 Å². The molecule has 1 heterocycles. The van der Waals surface area contributed by atoms with E-state index in [4.69, 9.17) is 5.11 Å². The summed E-state index contributed by atoms with van der Waals surface area (Å²) in [4.78, 5) is 49.0. The van der Waals surface area contributed by atoms with Crippen LogP contribution in [0, 0.1) is 5.92 Å². The Hall–Kier alpha value is -2.38. The molecule has 1 aromatic heterocycles. The molecule has 0 bridgehead atoms. The van der Waals surface area contributed by atoms with Crippen LogP contribution < -0.4 is 16.6 Å². The van der Waals surface area contributed by atoms with Gasteiger partial charge in [0.15, 0.2) is 0 Å². The largest absolute Gasteiger partial charge is 0.481 e. The first-order chi connectivity index (χ1) is 9.81. The summed E-state index contributed by atoms with van der Waals surface area (Å²) in [6.45, 7) is 3.40. The summed E-state index contributed by atoms with van der Waals surface area (Å²) in [5, 5.41) is 11.4. The van der Waals surface area contributed by atoms with E-state index in [1.165, 1.54) is 0 Å². The van der Waals surface area contributed by atoms with E-state index in [0.29, 0.717) is 19.3 Å². The molecule has 0 aliphatic heterocycles. The number of aromatic amines is 2. The molecule has 0 saturated heterocycles. The van der Waals surface area contributed by atoms with Gasteiger partial charge in [0.05, 0.1) is 5.92 Å². The smallest absolute Gasteiger partial charge is 0.325 e. The molecule has 2 atom stereocenters. The second kappa shape index (κ2) is 7.41.